The molecule has 1 aromatic heterocycles. The number of esters is 1. The molecule has 0 bridgehead atoms. The van der Waals surface area contributed by atoms with Crippen molar-refractivity contribution in [3.63, 3.8) is 0 Å². The molecule has 0 saturated heterocycles. The minimum absolute atomic E-state index is 0.0694. The molecule has 0 radical (unpaired) electrons. The van der Waals surface area contributed by atoms with Crippen molar-refractivity contribution < 1.29 is 23.7 Å². The number of fused-ring (bicyclic) bond motifs is 1. The lowest BCUT2D eigenvalue weighted by atomic mass is 10.1. The summed E-state index contributed by atoms with van der Waals surface area (Å²) in [7, 11) is 1.93. The Kier molecular flexibility index (Phi) is 8.67. The van der Waals surface area contributed by atoms with Crippen LogP contribution in [0, 0.1) is 0 Å². The van der Waals surface area contributed by atoms with Crippen molar-refractivity contribution in [2.75, 3.05) is 40.1 Å². The molecule has 3 rings (SSSR count). The fourth-order valence-corrected chi connectivity index (χ4v) is 4.17. The molecular formula is C24H32N2O5S. The lowest BCUT2D eigenvalue weighted by Crippen LogP contribution is -2.27. The van der Waals surface area contributed by atoms with Crippen LogP contribution in [0.25, 0.3) is 11.6 Å². The van der Waals surface area contributed by atoms with Crippen molar-refractivity contribution in [1.29, 1.82) is 0 Å². The SMILES string of the molecule is CNC1=CCC(=c2nc3c(s2)=CC(OCCOCCOCC(=O)OC(C)(C)C)=CC3)C=C1. The fourth-order valence-electron chi connectivity index (χ4n) is 3.10. The highest BCUT2D eigenvalue weighted by Gasteiger charge is 2.16. The zero-order valence-electron chi connectivity index (χ0n) is 19.2. The number of nitrogens with zero attached hydrogens (tertiary/aromatic N) is 1. The number of ether oxygens (including phenoxy) is 4. The Labute approximate surface area is 193 Å². The summed E-state index contributed by atoms with van der Waals surface area (Å²) in [4.78, 5) is 16.4. The van der Waals surface area contributed by atoms with Crippen LogP contribution < -0.4 is 14.5 Å². The van der Waals surface area contributed by atoms with Crippen molar-refractivity contribution in [1.82, 2.24) is 10.3 Å². The average Bonchev–Trinajstić information content (AvgIpc) is 3.18. The Balaban J connectivity index is 1.36. The lowest BCUT2D eigenvalue weighted by Gasteiger charge is -2.19. The molecule has 0 spiro atoms. The highest BCUT2D eigenvalue weighted by atomic mass is 32.1. The van der Waals surface area contributed by atoms with Gasteiger partial charge in [0.05, 0.1) is 30.0 Å². The molecule has 0 atom stereocenters. The van der Waals surface area contributed by atoms with Crippen LogP contribution >= 0.6 is 11.3 Å². The second-order valence-corrected chi connectivity index (χ2v) is 9.39. The molecule has 1 aromatic rings. The summed E-state index contributed by atoms with van der Waals surface area (Å²) >= 11 is 1.70. The predicted molar refractivity (Wildman–Crippen MR) is 125 cm³/mol. The summed E-state index contributed by atoms with van der Waals surface area (Å²) in [6, 6.07) is 0. The highest BCUT2D eigenvalue weighted by Crippen LogP contribution is 2.15. The first-order chi connectivity index (χ1) is 15.3. The van der Waals surface area contributed by atoms with Gasteiger partial charge in [0.1, 0.15) is 29.2 Å². The largest absolute Gasteiger partial charge is 0.491 e. The minimum atomic E-state index is -0.500. The predicted octanol–water partition coefficient (Wildman–Crippen LogP) is 1.97. The number of nitrogens with one attached hydrogen (secondary N) is 1. The van der Waals surface area contributed by atoms with Gasteiger partial charge in [0, 0.05) is 19.2 Å². The van der Waals surface area contributed by atoms with Crippen LogP contribution in [-0.2, 0) is 30.2 Å². The smallest absolute Gasteiger partial charge is 0.332 e. The third-order valence-corrected chi connectivity index (χ3v) is 5.70. The summed E-state index contributed by atoms with van der Waals surface area (Å²) in [5.41, 5.74) is 2.97. The van der Waals surface area contributed by atoms with Gasteiger partial charge in [-0.15, -0.1) is 11.3 Å². The first-order valence-electron chi connectivity index (χ1n) is 10.8. The van der Waals surface area contributed by atoms with E-state index in [2.05, 4.69) is 29.6 Å². The van der Waals surface area contributed by atoms with Crippen LogP contribution in [0.4, 0.5) is 0 Å². The number of likely N-dealkylation sites (N-methyl/N-ethyl adjacent to an activating group) is 1. The van der Waals surface area contributed by atoms with Crippen LogP contribution in [0.5, 0.6) is 0 Å². The van der Waals surface area contributed by atoms with E-state index in [9.17, 15) is 4.79 Å². The minimum Gasteiger partial charge on any atom is -0.491 e. The van der Waals surface area contributed by atoms with Gasteiger partial charge in [0.2, 0.25) is 0 Å². The fraction of sp³-hybridized carbons (Fsp3) is 0.500. The van der Waals surface area contributed by atoms with Gasteiger partial charge in [-0.1, -0.05) is 12.2 Å². The van der Waals surface area contributed by atoms with Crippen molar-refractivity contribution in [2.45, 2.75) is 39.2 Å². The normalized spacial score (nSPS) is 17.1. The summed E-state index contributed by atoms with van der Waals surface area (Å²) in [5.74, 6) is 0.474. The van der Waals surface area contributed by atoms with Gasteiger partial charge in [-0.3, -0.25) is 0 Å². The van der Waals surface area contributed by atoms with Gasteiger partial charge >= 0.3 is 5.97 Å². The number of carbonyl (C=O) groups is 1. The molecule has 8 heteroatoms. The Hall–Kier alpha value is -2.42. The van der Waals surface area contributed by atoms with Crippen LogP contribution in [0.3, 0.4) is 0 Å². The third-order valence-electron chi connectivity index (χ3n) is 4.58. The standard InChI is InChI=1S/C24H32N2O5S/c1-24(2,3)31-22(27)16-29-12-11-28-13-14-30-19-9-10-20-21(15-19)32-23(26-20)17-5-7-18(25-4)8-6-17/h5,7-9,15,25H,6,10-14,16H2,1-4H3. The molecule has 0 amide bonds. The van der Waals surface area contributed by atoms with Crippen molar-refractivity contribution >= 4 is 29.0 Å². The third kappa shape index (κ3) is 7.62. The van der Waals surface area contributed by atoms with Gasteiger partial charge in [-0.2, -0.15) is 0 Å². The van der Waals surface area contributed by atoms with E-state index in [1.165, 1.54) is 5.57 Å². The van der Waals surface area contributed by atoms with E-state index < -0.39 is 5.60 Å². The molecular weight excluding hydrogens is 428 g/mol. The van der Waals surface area contributed by atoms with E-state index in [0.29, 0.717) is 26.4 Å². The van der Waals surface area contributed by atoms with E-state index in [1.54, 1.807) is 11.3 Å². The number of hydrogen-bond acceptors (Lipinski definition) is 8. The van der Waals surface area contributed by atoms with Gasteiger partial charge in [-0.25, -0.2) is 9.78 Å². The second-order valence-electron chi connectivity index (χ2n) is 8.36. The van der Waals surface area contributed by atoms with Crippen molar-refractivity contribution in [3.8, 4) is 0 Å². The first-order valence-corrected chi connectivity index (χ1v) is 11.6. The molecule has 0 unspecified atom stereocenters. The molecule has 1 N–H and O–H groups in total. The molecule has 1 heterocycles. The van der Waals surface area contributed by atoms with Gasteiger partial charge in [0.15, 0.2) is 0 Å². The Bertz CT molecular complexity index is 1010. The first kappa shape index (κ1) is 24.2. The number of aromatic nitrogens is 1. The van der Waals surface area contributed by atoms with E-state index in [0.717, 1.165) is 39.2 Å². The summed E-state index contributed by atoms with van der Waals surface area (Å²) in [5, 5.41) is 3.16. The van der Waals surface area contributed by atoms with E-state index >= 15 is 0 Å². The monoisotopic (exact) mass is 460 g/mol. The number of thiazole rings is 1. The topological polar surface area (TPSA) is 78.9 Å². The maximum atomic E-state index is 11.5. The number of allylic oxidation sites excluding steroid dienone is 5. The van der Waals surface area contributed by atoms with Crippen molar-refractivity contribution in [3.05, 3.63) is 50.6 Å². The molecule has 2 aliphatic carbocycles. The highest BCUT2D eigenvalue weighted by molar-refractivity contribution is 7.07. The molecule has 174 valence electrons. The lowest BCUT2D eigenvalue weighted by molar-refractivity contribution is -0.160. The van der Waals surface area contributed by atoms with Gasteiger partial charge < -0.3 is 24.3 Å². The molecule has 0 aliphatic heterocycles. The molecule has 0 saturated carbocycles. The number of rotatable bonds is 10. The van der Waals surface area contributed by atoms with Gasteiger partial charge in [-0.05, 0) is 51.0 Å². The Morgan fingerprint density at radius 2 is 1.88 bits per heavy atom. The van der Waals surface area contributed by atoms with Crippen LogP contribution in [-0.4, -0.2) is 56.6 Å². The van der Waals surface area contributed by atoms with Gasteiger partial charge in [0.25, 0.3) is 0 Å². The molecule has 0 fully saturated rings. The number of carbonyl (C=O) groups excluding carboxylic acids is 1. The molecule has 32 heavy (non-hydrogen) atoms. The van der Waals surface area contributed by atoms with E-state index in [-0.39, 0.29) is 12.6 Å². The quantitative estimate of drug-likeness (QED) is 0.422. The molecule has 7 nitrogen and oxygen atoms in total. The summed E-state index contributed by atoms with van der Waals surface area (Å²) in [6.07, 6.45) is 12.1. The molecule has 0 aromatic carbocycles. The Morgan fingerprint density at radius 1 is 1.09 bits per heavy atom. The second kappa shape index (κ2) is 11.4. The summed E-state index contributed by atoms with van der Waals surface area (Å²) in [6.45, 7) is 7.04. The maximum absolute atomic E-state index is 11.5. The van der Waals surface area contributed by atoms with E-state index in [1.807, 2.05) is 33.9 Å². The average molecular weight is 461 g/mol. The van der Waals surface area contributed by atoms with Crippen LogP contribution in [0.1, 0.15) is 32.9 Å². The zero-order chi connectivity index (χ0) is 23.0. The Morgan fingerprint density at radius 3 is 2.59 bits per heavy atom. The zero-order valence-corrected chi connectivity index (χ0v) is 20.0. The molecule has 2 aliphatic rings. The van der Waals surface area contributed by atoms with E-state index in [4.69, 9.17) is 23.9 Å². The summed E-state index contributed by atoms with van der Waals surface area (Å²) < 4.78 is 24.0. The van der Waals surface area contributed by atoms with Crippen LogP contribution in [0.2, 0.25) is 0 Å². The van der Waals surface area contributed by atoms with Crippen molar-refractivity contribution in [2.24, 2.45) is 0 Å². The number of hydrogen-bond donors (Lipinski definition) is 1. The maximum Gasteiger partial charge on any atom is 0.332 e. The van der Waals surface area contributed by atoms with Crippen LogP contribution in [0.15, 0.2) is 35.8 Å².